The number of nitrogens with two attached hydrogens (primary N) is 1. The van der Waals surface area contributed by atoms with Crippen molar-refractivity contribution < 1.29 is 14.7 Å². The largest absolute Gasteiger partial charge is 0.409 e. The molecule has 2 fully saturated rings. The van der Waals surface area contributed by atoms with Gasteiger partial charge in [-0.05, 0) is 26.2 Å². The zero-order valence-corrected chi connectivity index (χ0v) is 13.0. The minimum absolute atomic E-state index is 0.0259. The smallest absolute Gasteiger partial charge is 0.236 e. The van der Waals surface area contributed by atoms with Crippen LogP contribution in [0.2, 0.25) is 0 Å². The van der Waals surface area contributed by atoms with Crippen molar-refractivity contribution in [1.29, 1.82) is 0 Å². The average molecular weight is 297 g/mol. The molecule has 0 aromatic rings. The molecule has 0 spiro atoms. The highest BCUT2D eigenvalue weighted by atomic mass is 16.5. The van der Waals surface area contributed by atoms with E-state index in [0.717, 1.165) is 32.1 Å². The number of rotatable bonds is 3. The molecule has 3 N–H and O–H groups in total. The standard InChI is InChI=1S/C15H27N3O3/c1-11-12(7-10-21-11)18(2)14(19)15(13(16)17-20)8-5-3-4-6-9-15/h11-12,20H,3-10H2,1-2H3,(H2,16,17). The van der Waals surface area contributed by atoms with Crippen molar-refractivity contribution in [3.63, 3.8) is 0 Å². The maximum absolute atomic E-state index is 13.1. The highest BCUT2D eigenvalue weighted by Crippen LogP contribution is 2.38. The Morgan fingerprint density at radius 2 is 1.95 bits per heavy atom. The van der Waals surface area contributed by atoms with Crippen LogP contribution in [0.5, 0.6) is 0 Å². The number of ether oxygens (including phenoxy) is 1. The summed E-state index contributed by atoms with van der Waals surface area (Å²) in [4.78, 5) is 14.9. The monoisotopic (exact) mass is 297 g/mol. The first kappa shape index (κ1) is 16.1. The van der Waals surface area contributed by atoms with Gasteiger partial charge in [0, 0.05) is 13.7 Å². The molecule has 1 aliphatic carbocycles. The van der Waals surface area contributed by atoms with Crippen molar-refractivity contribution in [2.24, 2.45) is 16.3 Å². The van der Waals surface area contributed by atoms with E-state index in [1.807, 2.05) is 14.0 Å². The Hall–Kier alpha value is -1.30. The number of amidine groups is 1. The van der Waals surface area contributed by atoms with Crippen LogP contribution >= 0.6 is 0 Å². The minimum Gasteiger partial charge on any atom is -0.409 e. The highest BCUT2D eigenvalue weighted by molar-refractivity contribution is 6.06. The van der Waals surface area contributed by atoms with Crippen molar-refractivity contribution in [3.05, 3.63) is 0 Å². The van der Waals surface area contributed by atoms with E-state index in [4.69, 9.17) is 15.7 Å². The molecule has 1 amide bonds. The van der Waals surface area contributed by atoms with Crippen molar-refractivity contribution in [2.45, 2.75) is 64.0 Å². The van der Waals surface area contributed by atoms with Gasteiger partial charge in [-0.25, -0.2) is 0 Å². The van der Waals surface area contributed by atoms with E-state index in [9.17, 15) is 4.79 Å². The predicted octanol–water partition coefficient (Wildman–Crippen LogP) is 1.71. The van der Waals surface area contributed by atoms with E-state index in [1.165, 1.54) is 0 Å². The SMILES string of the molecule is CC1OCCC1N(C)C(=O)C1(C(N)=NO)CCCCCC1. The van der Waals surface area contributed by atoms with Gasteiger partial charge < -0.3 is 20.6 Å². The zero-order valence-electron chi connectivity index (χ0n) is 13.0. The summed E-state index contributed by atoms with van der Waals surface area (Å²) in [6.07, 6.45) is 6.27. The Labute approximate surface area is 126 Å². The third-order valence-electron chi connectivity index (χ3n) is 5.12. The Balaban J connectivity index is 2.25. The summed E-state index contributed by atoms with van der Waals surface area (Å²) in [5.41, 5.74) is 5.10. The fourth-order valence-electron chi connectivity index (χ4n) is 3.72. The number of likely N-dealkylation sites (N-methyl/N-ethyl adjacent to an activating group) is 1. The van der Waals surface area contributed by atoms with E-state index in [1.54, 1.807) is 4.90 Å². The quantitative estimate of drug-likeness (QED) is 0.273. The second-order valence-corrected chi connectivity index (χ2v) is 6.33. The molecule has 0 radical (unpaired) electrons. The lowest BCUT2D eigenvalue weighted by molar-refractivity contribution is -0.141. The predicted molar refractivity (Wildman–Crippen MR) is 80.1 cm³/mol. The summed E-state index contributed by atoms with van der Waals surface area (Å²) in [6.45, 7) is 2.67. The lowest BCUT2D eigenvalue weighted by Crippen LogP contribution is -2.54. The number of hydrogen-bond acceptors (Lipinski definition) is 4. The maximum Gasteiger partial charge on any atom is 0.236 e. The van der Waals surface area contributed by atoms with Gasteiger partial charge in [0.25, 0.3) is 0 Å². The minimum atomic E-state index is -0.845. The van der Waals surface area contributed by atoms with Crippen LogP contribution in [0.15, 0.2) is 5.16 Å². The molecule has 2 aliphatic rings. The van der Waals surface area contributed by atoms with Gasteiger partial charge >= 0.3 is 0 Å². The first-order chi connectivity index (χ1) is 10.0. The Morgan fingerprint density at radius 3 is 2.43 bits per heavy atom. The highest BCUT2D eigenvalue weighted by Gasteiger charge is 2.47. The Bertz CT molecular complexity index is 403. The summed E-state index contributed by atoms with van der Waals surface area (Å²) >= 11 is 0. The van der Waals surface area contributed by atoms with Crippen LogP contribution < -0.4 is 5.73 Å². The van der Waals surface area contributed by atoms with E-state index in [-0.39, 0.29) is 23.9 Å². The lowest BCUT2D eigenvalue weighted by Gasteiger charge is -2.37. The molecule has 1 saturated carbocycles. The third-order valence-corrected chi connectivity index (χ3v) is 5.12. The van der Waals surface area contributed by atoms with Crippen molar-refractivity contribution in [3.8, 4) is 0 Å². The topological polar surface area (TPSA) is 88.2 Å². The van der Waals surface area contributed by atoms with Gasteiger partial charge in [0.15, 0.2) is 5.84 Å². The summed E-state index contributed by atoms with van der Waals surface area (Å²) in [6, 6.07) is 0.0733. The van der Waals surface area contributed by atoms with Gasteiger partial charge in [-0.3, -0.25) is 4.79 Å². The molecule has 2 rings (SSSR count). The van der Waals surface area contributed by atoms with Gasteiger partial charge in [0.2, 0.25) is 5.91 Å². The molecule has 2 atom stereocenters. The molecule has 120 valence electrons. The molecule has 2 unspecified atom stereocenters. The van der Waals surface area contributed by atoms with E-state index in [0.29, 0.717) is 19.4 Å². The second-order valence-electron chi connectivity index (χ2n) is 6.33. The molecule has 1 saturated heterocycles. The fraction of sp³-hybridized carbons (Fsp3) is 0.867. The summed E-state index contributed by atoms with van der Waals surface area (Å²) in [5, 5.41) is 12.4. The fourth-order valence-corrected chi connectivity index (χ4v) is 3.72. The molecule has 1 heterocycles. The van der Waals surface area contributed by atoms with Gasteiger partial charge in [-0.2, -0.15) is 0 Å². The molecular weight excluding hydrogens is 270 g/mol. The molecule has 1 aliphatic heterocycles. The number of carbonyl (C=O) groups is 1. The van der Waals surface area contributed by atoms with Crippen LogP contribution in [-0.2, 0) is 9.53 Å². The van der Waals surface area contributed by atoms with E-state index >= 15 is 0 Å². The van der Waals surface area contributed by atoms with Crippen LogP contribution in [0.25, 0.3) is 0 Å². The molecule has 0 aromatic heterocycles. The summed E-state index contributed by atoms with van der Waals surface area (Å²) in [5.74, 6) is 0.0369. The van der Waals surface area contributed by atoms with Gasteiger partial charge in [0.05, 0.1) is 12.1 Å². The molecular formula is C15H27N3O3. The first-order valence-electron chi connectivity index (χ1n) is 7.90. The molecule has 0 aromatic carbocycles. The van der Waals surface area contributed by atoms with Gasteiger partial charge in [-0.15, -0.1) is 0 Å². The number of hydrogen-bond donors (Lipinski definition) is 2. The number of oxime groups is 1. The van der Waals surface area contributed by atoms with Crippen LogP contribution in [0, 0.1) is 5.41 Å². The Morgan fingerprint density at radius 1 is 1.33 bits per heavy atom. The molecule has 6 heteroatoms. The van der Waals surface area contributed by atoms with E-state index < -0.39 is 5.41 Å². The van der Waals surface area contributed by atoms with Crippen molar-refractivity contribution in [2.75, 3.05) is 13.7 Å². The van der Waals surface area contributed by atoms with Crippen LogP contribution in [0.1, 0.15) is 51.9 Å². The number of nitrogens with zero attached hydrogens (tertiary/aromatic N) is 2. The average Bonchev–Trinajstić information content (AvgIpc) is 2.77. The lowest BCUT2D eigenvalue weighted by atomic mass is 9.77. The summed E-state index contributed by atoms with van der Waals surface area (Å²) in [7, 11) is 1.81. The van der Waals surface area contributed by atoms with Crippen LogP contribution in [0.4, 0.5) is 0 Å². The molecule has 6 nitrogen and oxygen atoms in total. The molecule has 0 bridgehead atoms. The maximum atomic E-state index is 13.1. The number of carbonyl (C=O) groups excluding carboxylic acids is 1. The number of amides is 1. The van der Waals surface area contributed by atoms with Gasteiger partial charge in [0.1, 0.15) is 5.41 Å². The Kier molecular flexibility index (Phi) is 5.08. The van der Waals surface area contributed by atoms with Crippen molar-refractivity contribution >= 4 is 11.7 Å². The molecule has 21 heavy (non-hydrogen) atoms. The third kappa shape index (κ3) is 3.00. The van der Waals surface area contributed by atoms with Crippen LogP contribution in [-0.4, -0.2) is 47.7 Å². The summed E-state index contributed by atoms with van der Waals surface area (Å²) < 4.78 is 5.56. The first-order valence-corrected chi connectivity index (χ1v) is 7.90. The van der Waals surface area contributed by atoms with Crippen LogP contribution in [0.3, 0.4) is 0 Å². The second kappa shape index (κ2) is 6.64. The van der Waals surface area contributed by atoms with E-state index in [2.05, 4.69) is 5.16 Å². The van der Waals surface area contributed by atoms with Crippen molar-refractivity contribution in [1.82, 2.24) is 4.90 Å². The van der Waals surface area contributed by atoms with Gasteiger partial charge in [-0.1, -0.05) is 30.8 Å². The zero-order chi connectivity index (χ0) is 15.5. The normalized spacial score (nSPS) is 29.9.